The van der Waals surface area contributed by atoms with Crippen LogP contribution in [-0.2, 0) is 0 Å². The third kappa shape index (κ3) is 4.84. The maximum atomic E-state index is 10.0. The van der Waals surface area contributed by atoms with Crippen LogP contribution >= 0.6 is 0 Å². The van der Waals surface area contributed by atoms with E-state index in [9.17, 15) is 5.11 Å². The number of fused-ring (bicyclic) bond motifs is 1. The first kappa shape index (κ1) is 21.9. The molecule has 0 aliphatic heterocycles. The highest BCUT2D eigenvalue weighted by Crippen LogP contribution is 2.59. The summed E-state index contributed by atoms with van der Waals surface area (Å²) in [6, 6.07) is 0. The summed E-state index contributed by atoms with van der Waals surface area (Å²) in [5.74, 6) is 3.37. The molecule has 1 nitrogen and oxygen atoms in total. The summed E-state index contributed by atoms with van der Waals surface area (Å²) in [4.78, 5) is 0. The van der Waals surface area contributed by atoms with E-state index in [4.69, 9.17) is 0 Å². The molecular formula is C27H44O. The van der Waals surface area contributed by atoms with E-state index in [-0.39, 0.29) is 6.10 Å². The fraction of sp³-hybridized carbons (Fsp3) is 0.778. The summed E-state index contributed by atoms with van der Waals surface area (Å²) in [6.07, 6.45) is 18.2. The van der Waals surface area contributed by atoms with Crippen molar-refractivity contribution in [1.82, 2.24) is 0 Å². The van der Waals surface area contributed by atoms with Gasteiger partial charge in [-0.2, -0.15) is 0 Å². The van der Waals surface area contributed by atoms with Crippen molar-refractivity contribution in [2.24, 2.45) is 29.1 Å². The van der Waals surface area contributed by atoms with Gasteiger partial charge in [0.15, 0.2) is 0 Å². The van der Waals surface area contributed by atoms with Crippen LogP contribution < -0.4 is 0 Å². The molecule has 1 N–H and O–H groups in total. The average molecular weight is 385 g/mol. The van der Waals surface area contributed by atoms with E-state index in [1.54, 1.807) is 5.57 Å². The highest BCUT2D eigenvalue weighted by molar-refractivity contribution is 5.36. The normalized spacial score (nSPS) is 37.6. The Morgan fingerprint density at radius 2 is 1.89 bits per heavy atom. The van der Waals surface area contributed by atoms with Crippen LogP contribution in [0.4, 0.5) is 0 Å². The van der Waals surface area contributed by atoms with Crippen molar-refractivity contribution >= 4 is 0 Å². The molecule has 5 atom stereocenters. The van der Waals surface area contributed by atoms with Crippen LogP contribution in [0.15, 0.2) is 35.5 Å². The Hall–Kier alpha value is -0.820. The van der Waals surface area contributed by atoms with E-state index in [0.717, 1.165) is 42.9 Å². The molecule has 3 fully saturated rings. The molecule has 158 valence electrons. The van der Waals surface area contributed by atoms with Gasteiger partial charge in [0.2, 0.25) is 0 Å². The number of hydrogen-bond donors (Lipinski definition) is 1. The third-order valence-electron chi connectivity index (χ3n) is 8.35. The lowest BCUT2D eigenvalue weighted by Gasteiger charge is -2.44. The molecule has 3 saturated carbocycles. The molecule has 0 bridgehead atoms. The molecule has 2 unspecified atom stereocenters. The van der Waals surface area contributed by atoms with Gasteiger partial charge in [-0.3, -0.25) is 0 Å². The van der Waals surface area contributed by atoms with Crippen LogP contribution in [0.1, 0.15) is 98.3 Å². The first-order valence-electron chi connectivity index (χ1n) is 12.1. The maximum Gasteiger partial charge on any atom is 0.0583 e. The van der Waals surface area contributed by atoms with Gasteiger partial charge in [-0.15, -0.1) is 0 Å². The number of aliphatic hydroxyl groups is 1. The zero-order valence-corrected chi connectivity index (χ0v) is 19.0. The summed E-state index contributed by atoms with van der Waals surface area (Å²) in [5, 5.41) is 10.0. The lowest BCUT2D eigenvalue weighted by Crippen LogP contribution is -2.36. The molecule has 0 aromatic carbocycles. The number of aliphatic hydroxyl groups excluding tert-OH is 1. The molecule has 3 aliphatic carbocycles. The Bertz CT molecular complexity index is 610. The average Bonchev–Trinajstić information content (AvgIpc) is 2.99. The highest BCUT2D eigenvalue weighted by Gasteiger charge is 2.50. The number of hydrogen-bond acceptors (Lipinski definition) is 1. The Labute approximate surface area is 174 Å². The van der Waals surface area contributed by atoms with Crippen LogP contribution in [0, 0.1) is 29.1 Å². The Balaban J connectivity index is 1.70. The second-order valence-corrected chi connectivity index (χ2v) is 10.8. The predicted molar refractivity (Wildman–Crippen MR) is 121 cm³/mol. The number of allylic oxidation sites excluding steroid dienone is 4. The van der Waals surface area contributed by atoms with E-state index in [2.05, 4.69) is 46.4 Å². The van der Waals surface area contributed by atoms with Gasteiger partial charge < -0.3 is 5.11 Å². The van der Waals surface area contributed by atoms with Gasteiger partial charge in [0.25, 0.3) is 0 Å². The lowest BCUT2D eigenvalue weighted by molar-refractivity contribution is 0.0929. The van der Waals surface area contributed by atoms with E-state index in [0.29, 0.717) is 5.41 Å². The molecule has 0 amide bonds. The Kier molecular flexibility index (Phi) is 7.29. The quantitative estimate of drug-likeness (QED) is 0.499. The molecule has 0 aromatic heterocycles. The molecule has 3 aliphatic rings. The monoisotopic (exact) mass is 384 g/mol. The standard InChI is InChI=1S/C27H44O/c1-19(2)8-6-9-21(4)25-15-16-26-22(10-7-17-27(25,26)5)12-13-23-18-24(28)14-11-20(23)3/h12-13,19,21,24-26,28H,3,6-11,14-18H2,1-2,4-5H3/b22-12+,23-13-/t21?,24-,25?,26-,27+/m0/s1. The van der Waals surface area contributed by atoms with Gasteiger partial charge in [0.05, 0.1) is 6.10 Å². The second kappa shape index (κ2) is 9.33. The van der Waals surface area contributed by atoms with Crippen molar-refractivity contribution in [3.8, 4) is 0 Å². The molecule has 28 heavy (non-hydrogen) atoms. The third-order valence-corrected chi connectivity index (χ3v) is 8.35. The summed E-state index contributed by atoms with van der Waals surface area (Å²) in [6.45, 7) is 14.1. The highest BCUT2D eigenvalue weighted by atomic mass is 16.3. The minimum atomic E-state index is -0.172. The molecule has 0 saturated heterocycles. The van der Waals surface area contributed by atoms with E-state index in [1.807, 2.05) is 0 Å². The summed E-state index contributed by atoms with van der Waals surface area (Å²) in [7, 11) is 0. The smallest absolute Gasteiger partial charge is 0.0583 e. The van der Waals surface area contributed by atoms with Crippen molar-refractivity contribution in [3.05, 3.63) is 35.5 Å². The van der Waals surface area contributed by atoms with Crippen LogP contribution in [0.2, 0.25) is 0 Å². The molecule has 0 aromatic rings. The fourth-order valence-corrected chi connectivity index (χ4v) is 6.66. The van der Waals surface area contributed by atoms with E-state index >= 15 is 0 Å². The van der Waals surface area contributed by atoms with Crippen molar-refractivity contribution in [2.45, 2.75) is 104 Å². The molecule has 0 heterocycles. The van der Waals surface area contributed by atoms with E-state index in [1.165, 1.54) is 62.5 Å². The summed E-state index contributed by atoms with van der Waals surface area (Å²) >= 11 is 0. The Morgan fingerprint density at radius 3 is 2.64 bits per heavy atom. The largest absolute Gasteiger partial charge is 0.393 e. The van der Waals surface area contributed by atoms with Crippen LogP contribution in [-0.4, -0.2) is 11.2 Å². The van der Waals surface area contributed by atoms with Crippen molar-refractivity contribution in [3.63, 3.8) is 0 Å². The van der Waals surface area contributed by atoms with Crippen LogP contribution in [0.5, 0.6) is 0 Å². The molecule has 3 rings (SSSR count). The zero-order chi connectivity index (χ0) is 20.3. The van der Waals surface area contributed by atoms with Gasteiger partial charge in [-0.25, -0.2) is 0 Å². The van der Waals surface area contributed by atoms with Crippen LogP contribution in [0.3, 0.4) is 0 Å². The zero-order valence-electron chi connectivity index (χ0n) is 19.0. The van der Waals surface area contributed by atoms with Crippen molar-refractivity contribution in [1.29, 1.82) is 0 Å². The fourth-order valence-electron chi connectivity index (χ4n) is 6.66. The van der Waals surface area contributed by atoms with E-state index < -0.39 is 0 Å². The topological polar surface area (TPSA) is 20.2 Å². The minimum Gasteiger partial charge on any atom is -0.393 e. The molecule has 0 spiro atoms. The van der Waals surface area contributed by atoms with Crippen molar-refractivity contribution in [2.75, 3.05) is 0 Å². The molecule has 1 heteroatoms. The van der Waals surface area contributed by atoms with Crippen LogP contribution in [0.25, 0.3) is 0 Å². The van der Waals surface area contributed by atoms with Crippen molar-refractivity contribution < 1.29 is 5.11 Å². The second-order valence-electron chi connectivity index (χ2n) is 10.8. The SMILES string of the molecule is C=C1CC[C@H](O)C/C1=C/C=C1\CCC[C@]2(C)C(C(C)CCCC(C)C)CC[C@@H]12. The minimum absolute atomic E-state index is 0.172. The maximum absolute atomic E-state index is 10.0. The molecular weight excluding hydrogens is 340 g/mol. The van der Waals surface area contributed by atoms with Gasteiger partial charge >= 0.3 is 0 Å². The number of rotatable bonds is 6. The van der Waals surface area contributed by atoms with Gasteiger partial charge in [0.1, 0.15) is 0 Å². The molecule has 0 radical (unpaired) electrons. The first-order chi connectivity index (χ1) is 13.3. The Morgan fingerprint density at radius 1 is 1.11 bits per heavy atom. The van der Waals surface area contributed by atoms with Gasteiger partial charge in [0, 0.05) is 0 Å². The summed E-state index contributed by atoms with van der Waals surface area (Å²) < 4.78 is 0. The predicted octanol–water partition coefficient (Wildman–Crippen LogP) is 7.62. The van der Waals surface area contributed by atoms with Gasteiger partial charge in [-0.05, 0) is 86.0 Å². The van der Waals surface area contributed by atoms with Gasteiger partial charge in [-0.1, -0.05) is 76.8 Å². The lowest BCUT2D eigenvalue weighted by atomic mass is 9.60. The first-order valence-corrected chi connectivity index (χ1v) is 12.1. The summed E-state index contributed by atoms with van der Waals surface area (Å²) in [5.41, 5.74) is 4.72.